The predicted octanol–water partition coefficient (Wildman–Crippen LogP) is -0.297. The van der Waals surface area contributed by atoms with Gasteiger partial charge in [0.2, 0.25) is 0 Å². The molecule has 0 unspecified atom stereocenters. The van der Waals surface area contributed by atoms with Gasteiger partial charge in [-0.1, -0.05) is 6.92 Å². The van der Waals surface area contributed by atoms with E-state index in [9.17, 15) is 0 Å². The largest absolute Gasteiger partial charge is 0.536 e. The minimum atomic E-state index is -2.66. The third-order valence-electron chi connectivity index (χ3n) is 2.84. The first-order chi connectivity index (χ1) is 6.70. The maximum absolute atomic E-state index is 5.48. The fraction of sp³-hybridized carbons (Fsp3) is 1.00. The fourth-order valence-electron chi connectivity index (χ4n) is 2.07. The van der Waals surface area contributed by atoms with Gasteiger partial charge in [-0.3, -0.25) is 10.6 Å². The number of hydrogen-bond donors (Lipinski definition) is 2. The molecule has 0 atom stereocenters. The van der Waals surface area contributed by atoms with Crippen LogP contribution in [-0.2, 0) is 13.3 Å². The molecule has 0 aromatic carbocycles. The Hall–Kier alpha value is 0.0169. The zero-order valence-corrected chi connectivity index (χ0v) is 10.3. The zero-order valence-electron chi connectivity index (χ0n) is 9.35. The molecule has 1 saturated heterocycles. The molecule has 1 heterocycles. The minimum absolute atomic E-state index is 0.328. The van der Waals surface area contributed by atoms with Crippen molar-refractivity contribution in [1.82, 2.24) is 10.6 Å². The molecular weight excluding hydrogens is 200 g/mol. The molecule has 1 aliphatic heterocycles. The minimum Gasteiger partial charge on any atom is -0.375 e. The lowest BCUT2D eigenvalue weighted by atomic mass is 10.4. The number of nitrogens with one attached hydrogen (secondary N) is 2. The highest BCUT2D eigenvalue weighted by atomic mass is 28.4. The monoisotopic (exact) mass is 220 g/mol. The molecule has 0 amide bonds. The summed E-state index contributed by atoms with van der Waals surface area (Å²) in [6.45, 7) is 3.92. The average Bonchev–Trinajstić information content (AvgIpc) is 2.72. The molecule has 0 spiro atoms. The van der Waals surface area contributed by atoms with Crippen LogP contribution in [0, 0.1) is 0 Å². The van der Waals surface area contributed by atoms with Gasteiger partial charge in [0, 0.05) is 34.4 Å². The Labute approximate surface area is 86.5 Å². The first kappa shape index (κ1) is 12.1. The van der Waals surface area contributed by atoms with E-state index in [2.05, 4.69) is 17.6 Å². The first-order valence-electron chi connectivity index (χ1n) is 4.85. The molecule has 1 fully saturated rings. The van der Waals surface area contributed by atoms with Crippen molar-refractivity contribution < 1.29 is 13.3 Å². The van der Waals surface area contributed by atoms with E-state index >= 15 is 0 Å². The second-order valence-electron chi connectivity index (χ2n) is 3.28. The predicted molar refractivity (Wildman–Crippen MR) is 55.8 cm³/mol. The van der Waals surface area contributed by atoms with Gasteiger partial charge in [0.25, 0.3) is 0 Å². The van der Waals surface area contributed by atoms with Crippen LogP contribution in [0.25, 0.3) is 0 Å². The molecule has 5 nitrogen and oxygen atoms in total. The third kappa shape index (κ3) is 1.62. The van der Waals surface area contributed by atoms with Crippen LogP contribution in [0.5, 0.6) is 0 Å². The molecule has 1 rings (SSSR count). The summed E-state index contributed by atoms with van der Waals surface area (Å²) < 4.78 is 16.5. The average molecular weight is 220 g/mol. The lowest BCUT2D eigenvalue weighted by Gasteiger charge is -2.40. The summed E-state index contributed by atoms with van der Waals surface area (Å²) in [5.41, 5.74) is 0. The molecule has 1 aliphatic rings. The van der Waals surface area contributed by atoms with Crippen LogP contribution in [0.2, 0.25) is 0 Å². The summed E-state index contributed by atoms with van der Waals surface area (Å²) >= 11 is 0. The van der Waals surface area contributed by atoms with E-state index in [1.807, 2.05) is 0 Å². The summed E-state index contributed by atoms with van der Waals surface area (Å²) in [7, 11) is 2.25. The quantitative estimate of drug-likeness (QED) is 0.623. The van der Waals surface area contributed by atoms with Crippen molar-refractivity contribution in [2.24, 2.45) is 0 Å². The van der Waals surface area contributed by atoms with E-state index in [0.717, 1.165) is 19.5 Å². The van der Waals surface area contributed by atoms with E-state index in [0.29, 0.717) is 0 Å². The van der Waals surface area contributed by atoms with Gasteiger partial charge in [-0.05, 0) is 6.42 Å². The molecule has 0 radical (unpaired) electrons. The van der Waals surface area contributed by atoms with Gasteiger partial charge < -0.3 is 13.3 Å². The van der Waals surface area contributed by atoms with E-state index in [1.54, 1.807) is 21.3 Å². The second kappa shape index (κ2) is 4.69. The molecule has 2 N–H and O–H groups in total. The normalized spacial score (nSPS) is 21.4. The first-order valence-corrected chi connectivity index (χ1v) is 6.58. The van der Waals surface area contributed by atoms with E-state index in [1.165, 1.54) is 0 Å². The van der Waals surface area contributed by atoms with Crippen LogP contribution in [0.4, 0.5) is 0 Å². The van der Waals surface area contributed by atoms with Crippen LogP contribution >= 0.6 is 0 Å². The SMILES string of the molecule is CCC1([Si](OC)(OC)OC)NCCN1. The summed E-state index contributed by atoms with van der Waals surface area (Å²) in [4.78, 5) is 0. The second-order valence-corrected chi connectivity index (χ2v) is 6.47. The van der Waals surface area contributed by atoms with Crippen molar-refractivity contribution in [3.8, 4) is 0 Å². The van der Waals surface area contributed by atoms with Crippen molar-refractivity contribution in [3.05, 3.63) is 0 Å². The van der Waals surface area contributed by atoms with Crippen molar-refractivity contribution in [2.45, 2.75) is 18.6 Å². The molecule has 84 valence electrons. The highest BCUT2D eigenvalue weighted by Crippen LogP contribution is 2.25. The summed E-state index contributed by atoms with van der Waals surface area (Å²) in [5, 5.41) is 6.45. The van der Waals surface area contributed by atoms with E-state index in [4.69, 9.17) is 13.3 Å². The maximum atomic E-state index is 5.48. The molecule has 0 aromatic rings. The Morgan fingerprint density at radius 2 is 1.50 bits per heavy atom. The van der Waals surface area contributed by atoms with Crippen LogP contribution in [-0.4, -0.2) is 48.5 Å². The summed E-state index contributed by atoms with van der Waals surface area (Å²) in [6, 6.07) is 0. The Balaban J connectivity index is 2.93. The van der Waals surface area contributed by atoms with Crippen molar-refractivity contribution in [2.75, 3.05) is 34.4 Å². The van der Waals surface area contributed by atoms with Crippen LogP contribution in [0.1, 0.15) is 13.3 Å². The van der Waals surface area contributed by atoms with Crippen LogP contribution < -0.4 is 10.6 Å². The topological polar surface area (TPSA) is 51.8 Å². The van der Waals surface area contributed by atoms with Gasteiger partial charge in [-0.15, -0.1) is 0 Å². The standard InChI is InChI=1S/C8H20N2O3Si/c1-5-8(9-6-7-10-8)14(11-2,12-3)13-4/h9-10H,5-7H2,1-4H3. The third-order valence-corrected chi connectivity index (χ3v) is 6.20. The molecule has 6 heteroatoms. The molecule has 0 aromatic heterocycles. The summed E-state index contributed by atoms with van der Waals surface area (Å²) in [5.74, 6) is 0. The Bertz CT molecular complexity index is 167. The molecular formula is C8H20N2O3Si. The highest BCUT2D eigenvalue weighted by molar-refractivity contribution is 6.64. The number of hydrogen-bond acceptors (Lipinski definition) is 5. The van der Waals surface area contributed by atoms with Crippen molar-refractivity contribution >= 4 is 8.80 Å². The Morgan fingerprint density at radius 1 is 1.07 bits per heavy atom. The van der Waals surface area contributed by atoms with E-state index < -0.39 is 8.80 Å². The van der Waals surface area contributed by atoms with Crippen LogP contribution in [0.3, 0.4) is 0 Å². The van der Waals surface area contributed by atoms with Crippen LogP contribution in [0.15, 0.2) is 0 Å². The summed E-state index contributed by atoms with van der Waals surface area (Å²) in [6.07, 6.45) is 0.870. The van der Waals surface area contributed by atoms with E-state index in [-0.39, 0.29) is 5.29 Å². The van der Waals surface area contributed by atoms with Gasteiger partial charge in [0.1, 0.15) is 5.29 Å². The molecule has 0 bridgehead atoms. The molecule has 14 heavy (non-hydrogen) atoms. The fourth-order valence-corrected chi connectivity index (χ4v) is 4.73. The number of rotatable bonds is 5. The zero-order chi connectivity index (χ0) is 10.7. The Morgan fingerprint density at radius 3 is 1.79 bits per heavy atom. The Kier molecular flexibility index (Phi) is 4.05. The van der Waals surface area contributed by atoms with Gasteiger partial charge in [0.05, 0.1) is 0 Å². The highest BCUT2D eigenvalue weighted by Gasteiger charge is 2.60. The van der Waals surface area contributed by atoms with Gasteiger partial charge >= 0.3 is 8.80 Å². The van der Waals surface area contributed by atoms with Crippen molar-refractivity contribution in [3.63, 3.8) is 0 Å². The van der Waals surface area contributed by atoms with Gasteiger partial charge in [-0.25, -0.2) is 0 Å². The lowest BCUT2D eigenvalue weighted by molar-refractivity contribution is 0.0785. The maximum Gasteiger partial charge on any atom is 0.536 e. The smallest absolute Gasteiger partial charge is 0.375 e. The van der Waals surface area contributed by atoms with Gasteiger partial charge in [-0.2, -0.15) is 0 Å². The molecule has 0 aliphatic carbocycles. The lowest BCUT2D eigenvalue weighted by Crippen LogP contribution is -2.73. The van der Waals surface area contributed by atoms with Gasteiger partial charge in [0.15, 0.2) is 0 Å². The van der Waals surface area contributed by atoms with Crippen molar-refractivity contribution in [1.29, 1.82) is 0 Å². The molecule has 0 saturated carbocycles.